The molecule has 0 bridgehead atoms. The van der Waals surface area contributed by atoms with E-state index >= 15 is 0 Å². The average molecular weight is 397 g/mol. The third-order valence-electron chi connectivity index (χ3n) is 2.61. The summed E-state index contributed by atoms with van der Waals surface area (Å²) >= 11 is 0. The molecule has 8 nitrogen and oxygen atoms in total. The van der Waals surface area contributed by atoms with E-state index in [4.69, 9.17) is 14.6 Å². The Balaban J connectivity index is 3.82. The van der Waals surface area contributed by atoms with Gasteiger partial charge in [0.05, 0.1) is 18.9 Å². The third-order valence-corrected chi connectivity index (χ3v) is 5.02. The average Bonchev–Trinajstić information content (AvgIpc) is 2.48. The number of hydrogen-bond acceptors (Lipinski definition) is 7. The molecule has 0 aromatic rings. The zero-order valence-corrected chi connectivity index (χ0v) is 16.8. The number of alkyl carbamates (subject to hydrolysis) is 1. The maximum absolute atomic E-state index is 11.8. The number of carboxylic acids is 1. The maximum Gasteiger partial charge on any atom is 0.407 e. The van der Waals surface area contributed by atoms with Crippen LogP contribution in [0.15, 0.2) is 0 Å². The Morgan fingerprint density at radius 1 is 1.12 bits per heavy atom. The molecule has 25 heavy (non-hydrogen) atoms. The number of hydrogen-bond donors (Lipinski definition) is 3. The molecule has 0 aromatic heterocycles. The van der Waals surface area contributed by atoms with Gasteiger partial charge in [0.25, 0.3) is 0 Å². The summed E-state index contributed by atoms with van der Waals surface area (Å²) in [4.78, 5) is 33.8. The van der Waals surface area contributed by atoms with Gasteiger partial charge in [0.2, 0.25) is 5.91 Å². The van der Waals surface area contributed by atoms with Crippen LogP contribution in [0.25, 0.3) is 0 Å². The lowest BCUT2D eigenvalue weighted by molar-refractivity contribution is -0.136. The van der Waals surface area contributed by atoms with Crippen LogP contribution in [0.3, 0.4) is 0 Å². The van der Waals surface area contributed by atoms with Crippen molar-refractivity contribution in [3.8, 4) is 0 Å². The first kappa shape index (κ1) is 23.9. The topological polar surface area (TPSA) is 114 Å². The van der Waals surface area contributed by atoms with Crippen LogP contribution in [0, 0.1) is 0 Å². The van der Waals surface area contributed by atoms with Crippen molar-refractivity contribution in [2.24, 2.45) is 0 Å². The molecule has 0 aliphatic heterocycles. The molecule has 1 atom stereocenters. The molecule has 0 aliphatic carbocycles. The van der Waals surface area contributed by atoms with Gasteiger partial charge in [-0.05, 0) is 20.8 Å². The molecule has 2 amide bonds. The van der Waals surface area contributed by atoms with Crippen molar-refractivity contribution >= 4 is 39.6 Å². The molecule has 146 valence electrons. The highest BCUT2D eigenvalue weighted by Gasteiger charge is 2.18. The van der Waals surface area contributed by atoms with Crippen LogP contribution in [0.1, 0.15) is 33.6 Å². The van der Waals surface area contributed by atoms with Gasteiger partial charge < -0.3 is 25.2 Å². The number of carboxylic acid groups (broad SMARTS) is 1. The minimum absolute atomic E-state index is 0.128. The van der Waals surface area contributed by atoms with E-state index in [9.17, 15) is 14.4 Å². The van der Waals surface area contributed by atoms with Gasteiger partial charge in [0.1, 0.15) is 5.60 Å². The molecule has 0 aliphatic rings. The molecule has 0 fully saturated rings. The SMILES string of the molecule is COC(CNC(=O)OC(C)(C)C)CC(=O)NCCSSCCC(=O)O. The van der Waals surface area contributed by atoms with Crippen LogP contribution in [-0.4, -0.2) is 66.5 Å². The first-order valence-corrected chi connectivity index (χ1v) is 10.4. The third kappa shape index (κ3) is 16.1. The predicted molar refractivity (Wildman–Crippen MR) is 99.8 cm³/mol. The molecule has 1 unspecified atom stereocenters. The van der Waals surface area contributed by atoms with Crippen LogP contribution in [0.2, 0.25) is 0 Å². The van der Waals surface area contributed by atoms with Crippen LogP contribution in [-0.2, 0) is 19.1 Å². The van der Waals surface area contributed by atoms with Crippen molar-refractivity contribution in [3.63, 3.8) is 0 Å². The molecule has 0 aromatic carbocycles. The Labute approximate surface area is 156 Å². The predicted octanol–water partition coefficient (Wildman–Crippen LogP) is 1.89. The van der Waals surface area contributed by atoms with Gasteiger partial charge in [0.15, 0.2) is 0 Å². The Bertz CT molecular complexity index is 429. The van der Waals surface area contributed by atoms with Gasteiger partial charge >= 0.3 is 12.1 Å². The van der Waals surface area contributed by atoms with Gasteiger partial charge in [-0.3, -0.25) is 9.59 Å². The largest absolute Gasteiger partial charge is 0.481 e. The summed E-state index contributed by atoms with van der Waals surface area (Å²) in [6.45, 7) is 5.97. The van der Waals surface area contributed by atoms with Gasteiger partial charge in [0, 0.05) is 31.7 Å². The Morgan fingerprint density at radius 2 is 1.76 bits per heavy atom. The quantitative estimate of drug-likeness (QED) is 0.338. The fourth-order valence-electron chi connectivity index (χ4n) is 1.51. The number of carbonyl (C=O) groups is 3. The van der Waals surface area contributed by atoms with Crippen molar-refractivity contribution in [2.45, 2.75) is 45.3 Å². The summed E-state index contributed by atoms with van der Waals surface area (Å²) in [7, 11) is 4.46. The zero-order valence-electron chi connectivity index (χ0n) is 15.1. The second kappa shape index (κ2) is 13.1. The smallest absolute Gasteiger partial charge is 0.407 e. The summed E-state index contributed by atoms with van der Waals surface area (Å²) in [5.41, 5.74) is -0.579. The van der Waals surface area contributed by atoms with Crippen molar-refractivity contribution in [3.05, 3.63) is 0 Å². The lowest BCUT2D eigenvalue weighted by atomic mass is 10.2. The second-order valence-electron chi connectivity index (χ2n) is 6.08. The lowest BCUT2D eigenvalue weighted by Crippen LogP contribution is -2.39. The van der Waals surface area contributed by atoms with Gasteiger partial charge in [-0.2, -0.15) is 0 Å². The molecule has 3 N–H and O–H groups in total. The van der Waals surface area contributed by atoms with Crippen LogP contribution in [0.4, 0.5) is 4.79 Å². The van der Waals surface area contributed by atoms with E-state index in [-0.39, 0.29) is 25.3 Å². The summed E-state index contributed by atoms with van der Waals surface area (Å²) in [6.07, 6.45) is -0.734. The number of rotatable bonds is 12. The zero-order chi connectivity index (χ0) is 19.3. The first-order chi connectivity index (χ1) is 11.6. The maximum atomic E-state index is 11.8. The summed E-state index contributed by atoms with van der Waals surface area (Å²) < 4.78 is 10.3. The van der Waals surface area contributed by atoms with Crippen LogP contribution in [0.5, 0.6) is 0 Å². The van der Waals surface area contributed by atoms with E-state index in [1.165, 1.54) is 28.7 Å². The van der Waals surface area contributed by atoms with Gasteiger partial charge in [-0.1, -0.05) is 21.6 Å². The molecular formula is C15H28N2O6S2. The molecule has 0 radical (unpaired) electrons. The van der Waals surface area contributed by atoms with Crippen LogP contribution >= 0.6 is 21.6 Å². The highest BCUT2D eigenvalue weighted by atomic mass is 33.1. The van der Waals surface area contributed by atoms with Gasteiger partial charge in [-0.15, -0.1) is 0 Å². The number of amides is 2. The van der Waals surface area contributed by atoms with Crippen molar-refractivity contribution in [1.29, 1.82) is 0 Å². The summed E-state index contributed by atoms with van der Waals surface area (Å²) in [5.74, 6) is 0.237. The fourth-order valence-corrected chi connectivity index (χ4v) is 3.39. The molecule has 10 heteroatoms. The van der Waals surface area contributed by atoms with Crippen molar-refractivity contribution in [2.75, 3.05) is 31.7 Å². The summed E-state index contributed by atoms with van der Waals surface area (Å²) in [5, 5.41) is 13.8. The number of aliphatic carboxylic acids is 1. The van der Waals surface area contributed by atoms with E-state index in [1.807, 2.05) is 0 Å². The Morgan fingerprint density at radius 3 is 2.32 bits per heavy atom. The van der Waals surface area contributed by atoms with Crippen molar-refractivity contribution < 1.29 is 29.0 Å². The molecule has 0 saturated heterocycles. The highest BCUT2D eigenvalue weighted by Crippen LogP contribution is 2.20. The molecule has 0 spiro atoms. The standard InChI is InChI=1S/C15H28N2O6S2/c1-15(2,3)23-14(21)17-10-11(22-4)9-12(18)16-6-8-25-24-7-5-13(19)20/h11H,5-10H2,1-4H3,(H,16,18)(H,17,21)(H,19,20). The fraction of sp³-hybridized carbons (Fsp3) is 0.800. The lowest BCUT2D eigenvalue weighted by Gasteiger charge is -2.21. The Kier molecular flexibility index (Phi) is 12.5. The van der Waals surface area contributed by atoms with Crippen LogP contribution < -0.4 is 10.6 Å². The van der Waals surface area contributed by atoms with E-state index in [0.717, 1.165) is 0 Å². The van der Waals surface area contributed by atoms with Gasteiger partial charge in [-0.25, -0.2) is 4.79 Å². The minimum atomic E-state index is -0.813. The molecular weight excluding hydrogens is 368 g/mol. The van der Waals surface area contributed by atoms with E-state index in [1.54, 1.807) is 20.8 Å². The Hall–Kier alpha value is -1.13. The van der Waals surface area contributed by atoms with E-state index in [0.29, 0.717) is 18.1 Å². The number of ether oxygens (including phenoxy) is 2. The number of nitrogens with one attached hydrogen (secondary N) is 2. The molecule has 0 saturated carbocycles. The van der Waals surface area contributed by atoms with E-state index in [2.05, 4.69) is 10.6 Å². The second-order valence-corrected chi connectivity index (χ2v) is 8.78. The van der Waals surface area contributed by atoms with Crippen molar-refractivity contribution in [1.82, 2.24) is 10.6 Å². The number of methoxy groups -OCH3 is 1. The monoisotopic (exact) mass is 396 g/mol. The molecule has 0 heterocycles. The normalized spacial score (nSPS) is 12.3. The highest BCUT2D eigenvalue weighted by molar-refractivity contribution is 8.76. The first-order valence-electron chi connectivity index (χ1n) is 7.86. The summed E-state index contributed by atoms with van der Waals surface area (Å²) in [6, 6.07) is 0. The van der Waals surface area contributed by atoms with E-state index < -0.39 is 23.8 Å². The minimum Gasteiger partial charge on any atom is -0.481 e. The molecule has 0 rings (SSSR count). The number of carbonyl (C=O) groups excluding carboxylic acids is 2.